The highest BCUT2D eigenvalue weighted by Gasteiger charge is 2.00. The molecule has 15 heavy (non-hydrogen) atoms. The van der Waals surface area contributed by atoms with Gasteiger partial charge in [0.25, 0.3) is 0 Å². The molecule has 0 amide bonds. The zero-order chi connectivity index (χ0) is 11.1. The van der Waals surface area contributed by atoms with Crippen LogP contribution in [-0.4, -0.2) is 13.1 Å². The third-order valence-electron chi connectivity index (χ3n) is 2.47. The van der Waals surface area contributed by atoms with Gasteiger partial charge in [0, 0.05) is 6.42 Å². The molecular weight excluding hydrogens is 188 g/mol. The molecule has 0 N–H and O–H groups in total. The number of rotatable bonds is 5. The van der Waals surface area contributed by atoms with E-state index in [-0.39, 0.29) is 5.97 Å². The molecule has 1 rings (SSSR count). The lowest BCUT2D eigenvalue weighted by molar-refractivity contribution is -0.140. The standard InChI is InChI=1S/C13H18O2/c1-3-11-6-4-7-12(10-11)8-5-9-13(14)15-2/h4,6-7,10H,3,5,8-9H2,1-2H3. The Morgan fingerprint density at radius 1 is 1.33 bits per heavy atom. The zero-order valence-electron chi connectivity index (χ0n) is 9.45. The van der Waals surface area contributed by atoms with Gasteiger partial charge in [-0.2, -0.15) is 0 Å². The van der Waals surface area contributed by atoms with Crippen molar-refractivity contribution in [1.82, 2.24) is 0 Å². The van der Waals surface area contributed by atoms with Crippen LogP contribution in [0.5, 0.6) is 0 Å². The first-order valence-electron chi connectivity index (χ1n) is 5.41. The minimum absolute atomic E-state index is 0.123. The van der Waals surface area contributed by atoms with Crippen LogP contribution in [0.15, 0.2) is 24.3 Å². The number of hydrogen-bond donors (Lipinski definition) is 0. The minimum atomic E-state index is -0.123. The molecule has 0 aliphatic carbocycles. The van der Waals surface area contributed by atoms with Crippen molar-refractivity contribution >= 4 is 5.97 Å². The number of carbonyl (C=O) groups is 1. The second-order valence-corrected chi connectivity index (χ2v) is 3.60. The predicted octanol–water partition coefficient (Wildman–Crippen LogP) is 2.74. The van der Waals surface area contributed by atoms with Crippen molar-refractivity contribution in [2.75, 3.05) is 7.11 Å². The molecular formula is C13H18O2. The fourth-order valence-corrected chi connectivity index (χ4v) is 1.54. The molecule has 0 saturated heterocycles. The Labute approximate surface area is 91.3 Å². The minimum Gasteiger partial charge on any atom is -0.469 e. The van der Waals surface area contributed by atoms with Crippen molar-refractivity contribution < 1.29 is 9.53 Å². The molecule has 0 bridgehead atoms. The van der Waals surface area contributed by atoms with Crippen LogP contribution < -0.4 is 0 Å². The van der Waals surface area contributed by atoms with Gasteiger partial charge in [-0.05, 0) is 30.4 Å². The Balaban J connectivity index is 2.40. The summed E-state index contributed by atoms with van der Waals surface area (Å²) in [5.41, 5.74) is 2.66. The van der Waals surface area contributed by atoms with E-state index in [1.54, 1.807) is 0 Å². The van der Waals surface area contributed by atoms with E-state index in [9.17, 15) is 4.79 Å². The molecule has 0 radical (unpaired) electrons. The van der Waals surface area contributed by atoms with Gasteiger partial charge in [0.15, 0.2) is 0 Å². The summed E-state index contributed by atoms with van der Waals surface area (Å²) in [7, 11) is 1.43. The lowest BCUT2D eigenvalue weighted by atomic mass is 10.0. The molecule has 0 unspecified atom stereocenters. The number of benzene rings is 1. The lowest BCUT2D eigenvalue weighted by Gasteiger charge is -2.03. The second-order valence-electron chi connectivity index (χ2n) is 3.60. The molecule has 0 fully saturated rings. The van der Waals surface area contributed by atoms with Crippen molar-refractivity contribution in [3.8, 4) is 0 Å². The summed E-state index contributed by atoms with van der Waals surface area (Å²) < 4.78 is 4.59. The average Bonchev–Trinajstić information content (AvgIpc) is 2.29. The summed E-state index contributed by atoms with van der Waals surface area (Å²) in [4.78, 5) is 10.9. The number of methoxy groups -OCH3 is 1. The third-order valence-corrected chi connectivity index (χ3v) is 2.47. The maximum absolute atomic E-state index is 10.9. The first-order chi connectivity index (χ1) is 7.26. The van der Waals surface area contributed by atoms with Crippen molar-refractivity contribution in [2.24, 2.45) is 0 Å². The molecule has 0 saturated carbocycles. The Morgan fingerprint density at radius 2 is 2.07 bits per heavy atom. The van der Waals surface area contributed by atoms with Gasteiger partial charge in [-0.1, -0.05) is 31.2 Å². The van der Waals surface area contributed by atoms with E-state index in [0.29, 0.717) is 6.42 Å². The zero-order valence-corrected chi connectivity index (χ0v) is 9.45. The second kappa shape index (κ2) is 6.23. The van der Waals surface area contributed by atoms with Crippen molar-refractivity contribution in [2.45, 2.75) is 32.6 Å². The van der Waals surface area contributed by atoms with Gasteiger partial charge in [0.05, 0.1) is 7.11 Å². The summed E-state index contributed by atoms with van der Waals surface area (Å²) in [5.74, 6) is -0.123. The highest BCUT2D eigenvalue weighted by Crippen LogP contribution is 2.09. The highest BCUT2D eigenvalue weighted by atomic mass is 16.5. The van der Waals surface area contributed by atoms with Crippen LogP contribution in [0, 0.1) is 0 Å². The number of esters is 1. The maximum Gasteiger partial charge on any atom is 0.305 e. The molecule has 0 heterocycles. The Morgan fingerprint density at radius 3 is 2.73 bits per heavy atom. The maximum atomic E-state index is 10.9. The molecule has 0 aromatic heterocycles. The van der Waals surface area contributed by atoms with E-state index in [1.165, 1.54) is 18.2 Å². The van der Waals surface area contributed by atoms with Crippen LogP contribution in [0.1, 0.15) is 30.9 Å². The number of hydrogen-bond acceptors (Lipinski definition) is 2. The van der Waals surface area contributed by atoms with Gasteiger partial charge >= 0.3 is 5.97 Å². The molecule has 0 atom stereocenters. The fraction of sp³-hybridized carbons (Fsp3) is 0.462. The molecule has 2 nitrogen and oxygen atoms in total. The van der Waals surface area contributed by atoms with Gasteiger partial charge in [-0.15, -0.1) is 0 Å². The lowest BCUT2D eigenvalue weighted by Crippen LogP contribution is -2.00. The van der Waals surface area contributed by atoms with Crippen molar-refractivity contribution in [1.29, 1.82) is 0 Å². The van der Waals surface area contributed by atoms with Crippen LogP contribution in [0.4, 0.5) is 0 Å². The molecule has 1 aromatic carbocycles. The van der Waals surface area contributed by atoms with Crippen LogP contribution in [-0.2, 0) is 22.4 Å². The molecule has 0 aliphatic heterocycles. The normalized spacial score (nSPS) is 10.0. The van der Waals surface area contributed by atoms with Gasteiger partial charge in [0.2, 0.25) is 0 Å². The number of aryl methyl sites for hydroxylation is 2. The van der Waals surface area contributed by atoms with Crippen molar-refractivity contribution in [3.05, 3.63) is 35.4 Å². The SMILES string of the molecule is CCc1cccc(CCCC(=O)OC)c1. The summed E-state index contributed by atoms with van der Waals surface area (Å²) in [5, 5.41) is 0. The number of ether oxygens (including phenoxy) is 1. The highest BCUT2D eigenvalue weighted by molar-refractivity contribution is 5.69. The van der Waals surface area contributed by atoms with E-state index in [2.05, 4.69) is 35.9 Å². The van der Waals surface area contributed by atoms with Gasteiger partial charge in [-0.3, -0.25) is 4.79 Å². The summed E-state index contributed by atoms with van der Waals surface area (Å²) >= 11 is 0. The summed E-state index contributed by atoms with van der Waals surface area (Å²) in [6.07, 6.45) is 3.38. The number of carbonyl (C=O) groups excluding carboxylic acids is 1. The topological polar surface area (TPSA) is 26.3 Å². The summed E-state index contributed by atoms with van der Waals surface area (Å²) in [6, 6.07) is 8.52. The van der Waals surface area contributed by atoms with Crippen LogP contribution in [0.3, 0.4) is 0 Å². The Bertz CT molecular complexity index is 318. The van der Waals surface area contributed by atoms with Gasteiger partial charge < -0.3 is 4.74 Å². The third kappa shape index (κ3) is 4.15. The van der Waals surface area contributed by atoms with E-state index in [4.69, 9.17) is 0 Å². The van der Waals surface area contributed by atoms with Crippen LogP contribution in [0.2, 0.25) is 0 Å². The Hall–Kier alpha value is -1.31. The quantitative estimate of drug-likeness (QED) is 0.692. The van der Waals surface area contributed by atoms with E-state index in [0.717, 1.165) is 19.3 Å². The van der Waals surface area contributed by atoms with Crippen LogP contribution in [0.25, 0.3) is 0 Å². The van der Waals surface area contributed by atoms with E-state index < -0.39 is 0 Å². The van der Waals surface area contributed by atoms with E-state index >= 15 is 0 Å². The Kier molecular flexibility index (Phi) is 4.88. The smallest absolute Gasteiger partial charge is 0.305 e. The molecule has 1 aromatic rings. The first-order valence-corrected chi connectivity index (χ1v) is 5.41. The molecule has 82 valence electrons. The average molecular weight is 206 g/mol. The molecule has 2 heteroatoms. The predicted molar refractivity (Wildman–Crippen MR) is 60.8 cm³/mol. The van der Waals surface area contributed by atoms with Gasteiger partial charge in [-0.25, -0.2) is 0 Å². The van der Waals surface area contributed by atoms with Crippen LogP contribution >= 0.6 is 0 Å². The van der Waals surface area contributed by atoms with E-state index in [1.807, 2.05) is 0 Å². The first kappa shape index (κ1) is 11.8. The van der Waals surface area contributed by atoms with Gasteiger partial charge in [0.1, 0.15) is 0 Å². The van der Waals surface area contributed by atoms with Crippen molar-refractivity contribution in [3.63, 3.8) is 0 Å². The monoisotopic (exact) mass is 206 g/mol. The fourth-order valence-electron chi connectivity index (χ4n) is 1.54. The molecule has 0 aliphatic rings. The largest absolute Gasteiger partial charge is 0.469 e. The molecule has 0 spiro atoms. The summed E-state index contributed by atoms with van der Waals surface area (Å²) in [6.45, 7) is 2.15.